The first-order chi connectivity index (χ1) is 9.35. The van der Waals surface area contributed by atoms with Crippen molar-refractivity contribution in [2.24, 2.45) is 5.92 Å². The SMILES string of the molecule is CS(=O)(=O)Cc1ccc(N2CCCC(C(=O)O)C2)cc1. The van der Waals surface area contributed by atoms with E-state index in [1.54, 1.807) is 12.1 Å². The van der Waals surface area contributed by atoms with Gasteiger partial charge in [-0.1, -0.05) is 12.1 Å². The molecule has 1 saturated heterocycles. The summed E-state index contributed by atoms with van der Waals surface area (Å²) >= 11 is 0. The van der Waals surface area contributed by atoms with Gasteiger partial charge in [-0.15, -0.1) is 0 Å². The average molecular weight is 297 g/mol. The Bertz CT molecular complexity index is 580. The Hall–Kier alpha value is -1.56. The fourth-order valence-corrected chi connectivity index (χ4v) is 3.32. The Morgan fingerprint density at radius 2 is 2.00 bits per heavy atom. The second-order valence-electron chi connectivity index (χ2n) is 5.36. The maximum Gasteiger partial charge on any atom is 0.308 e. The Morgan fingerprint density at radius 3 is 2.55 bits per heavy atom. The van der Waals surface area contributed by atoms with Gasteiger partial charge in [-0.05, 0) is 30.5 Å². The number of carboxylic acid groups (broad SMARTS) is 1. The first-order valence-electron chi connectivity index (χ1n) is 6.59. The van der Waals surface area contributed by atoms with Gasteiger partial charge < -0.3 is 10.0 Å². The molecule has 0 aromatic heterocycles. The van der Waals surface area contributed by atoms with E-state index in [9.17, 15) is 13.2 Å². The Kier molecular flexibility index (Phi) is 4.32. The smallest absolute Gasteiger partial charge is 0.308 e. The summed E-state index contributed by atoms with van der Waals surface area (Å²) < 4.78 is 22.5. The van der Waals surface area contributed by atoms with Crippen LogP contribution in [-0.4, -0.2) is 38.8 Å². The molecule has 1 atom stereocenters. The van der Waals surface area contributed by atoms with Gasteiger partial charge in [0.1, 0.15) is 0 Å². The number of nitrogens with zero attached hydrogens (tertiary/aromatic N) is 1. The molecule has 0 radical (unpaired) electrons. The molecule has 110 valence electrons. The van der Waals surface area contributed by atoms with E-state index in [1.807, 2.05) is 17.0 Å². The van der Waals surface area contributed by atoms with E-state index in [4.69, 9.17) is 5.11 Å². The number of aliphatic carboxylic acids is 1. The second-order valence-corrected chi connectivity index (χ2v) is 7.50. The molecule has 5 nitrogen and oxygen atoms in total. The zero-order valence-corrected chi connectivity index (χ0v) is 12.3. The number of hydrogen-bond donors (Lipinski definition) is 1. The van der Waals surface area contributed by atoms with E-state index in [-0.39, 0.29) is 11.7 Å². The normalized spacial score (nSPS) is 19.9. The van der Waals surface area contributed by atoms with Crippen molar-refractivity contribution in [1.82, 2.24) is 0 Å². The number of anilines is 1. The number of hydrogen-bond acceptors (Lipinski definition) is 4. The lowest BCUT2D eigenvalue weighted by atomic mass is 9.98. The number of benzene rings is 1. The zero-order chi connectivity index (χ0) is 14.8. The average Bonchev–Trinajstić information content (AvgIpc) is 2.38. The summed E-state index contributed by atoms with van der Waals surface area (Å²) in [6.45, 7) is 1.36. The molecule has 1 aromatic rings. The van der Waals surface area contributed by atoms with E-state index in [0.29, 0.717) is 6.54 Å². The monoisotopic (exact) mass is 297 g/mol. The maximum absolute atomic E-state index is 11.2. The molecule has 0 bridgehead atoms. The molecule has 1 aromatic carbocycles. The van der Waals surface area contributed by atoms with E-state index in [2.05, 4.69) is 0 Å². The minimum atomic E-state index is -3.03. The highest BCUT2D eigenvalue weighted by molar-refractivity contribution is 7.89. The first-order valence-corrected chi connectivity index (χ1v) is 8.65. The molecule has 20 heavy (non-hydrogen) atoms. The molecule has 1 aliphatic rings. The number of carbonyl (C=O) groups is 1. The summed E-state index contributed by atoms with van der Waals surface area (Å²) in [4.78, 5) is 13.1. The fraction of sp³-hybridized carbons (Fsp3) is 0.500. The highest BCUT2D eigenvalue weighted by Crippen LogP contribution is 2.24. The summed E-state index contributed by atoms with van der Waals surface area (Å²) in [5.74, 6) is -1.03. The minimum Gasteiger partial charge on any atom is -0.481 e. The summed E-state index contributed by atoms with van der Waals surface area (Å²) in [6, 6.07) is 7.32. The van der Waals surface area contributed by atoms with Gasteiger partial charge in [0, 0.05) is 25.0 Å². The predicted molar refractivity (Wildman–Crippen MR) is 77.6 cm³/mol. The van der Waals surface area contributed by atoms with Crippen molar-refractivity contribution in [1.29, 1.82) is 0 Å². The van der Waals surface area contributed by atoms with Gasteiger partial charge in [0.2, 0.25) is 0 Å². The Balaban J connectivity index is 2.08. The molecule has 0 saturated carbocycles. The van der Waals surface area contributed by atoms with Crippen molar-refractivity contribution >= 4 is 21.5 Å². The molecule has 1 aliphatic heterocycles. The van der Waals surface area contributed by atoms with E-state index in [1.165, 1.54) is 6.26 Å². The molecule has 0 aliphatic carbocycles. The van der Waals surface area contributed by atoms with Crippen molar-refractivity contribution in [2.45, 2.75) is 18.6 Å². The zero-order valence-electron chi connectivity index (χ0n) is 11.4. The van der Waals surface area contributed by atoms with Gasteiger partial charge >= 0.3 is 5.97 Å². The summed E-state index contributed by atoms with van der Waals surface area (Å²) in [5.41, 5.74) is 1.70. The van der Waals surface area contributed by atoms with Crippen LogP contribution in [0, 0.1) is 5.92 Å². The fourth-order valence-electron chi connectivity index (χ4n) is 2.52. The molecule has 1 fully saturated rings. The summed E-state index contributed by atoms with van der Waals surface area (Å²) in [6.07, 6.45) is 2.79. The third-order valence-corrected chi connectivity index (χ3v) is 4.36. The molecule has 6 heteroatoms. The van der Waals surface area contributed by atoms with Gasteiger partial charge in [-0.3, -0.25) is 4.79 Å². The molecule has 1 unspecified atom stereocenters. The molecule has 0 spiro atoms. The second kappa shape index (κ2) is 5.83. The van der Waals surface area contributed by atoms with Crippen LogP contribution in [0.5, 0.6) is 0 Å². The number of carboxylic acids is 1. The van der Waals surface area contributed by atoms with Crippen molar-refractivity contribution in [2.75, 3.05) is 24.2 Å². The predicted octanol–water partition coefficient (Wildman–Crippen LogP) is 1.53. The topological polar surface area (TPSA) is 74.7 Å². The number of piperidine rings is 1. The van der Waals surface area contributed by atoms with Crippen LogP contribution >= 0.6 is 0 Å². The van der Waals surface area contributed by atoms with Crippen LogP contribution < -0.4 is 4.90 Å². The quantitative estimate of drug-likeness (QED) is 0.912. The number of rotatable bonds is 4. The third kappa shape index (κ3) is 3.96. The highest BCUT2D eigenvalue weighted by Gasteiger charge is 2.25. The van der Waals surface area contributed by atoms with Crippen LogP contribution in [0.4, 0.5) is 5.69 Å². The van der Waals surface area contributed by atoms with Gasteiger partial charge in [0.05, 0.1) is 11.7 Å². The van der Waals surface area contributed by atoms with E-state index >= 15 is 0 Å². The van der Waals surface area contributed by atoms with Crippen LogP contribution in [0.1, 0.15) is 18.4 Å². The van der Waals surface area contributed by atoms with Gasteiger partial charge in [-0.2, -0.15) is 0 Å². The van der Waals surface area contributed by atoms with Crippen molar-refractivity contribution < 1.29 is 18.3 Å². The van der Waals surface area contributed by atoms with E-state index in [0.717, 1.165) is 30.6 Å². The lowest BCUT2D eigenvalue weighted by molar-refractivity contribution is -0.141. The molecule has 1 heterocycles. The Labute approximate surface area is 119 Å². The largest absolute Gasteiger partial charge is 0.481 e. The van der Waals surface area contributed by atoms with E-state index < -0.39 is 15.8 Å². The van der Waals surface area contributed by atoms with Crippen molar-refractivity contribution in [3.8, 4) is 0 Å². The third-order valence-electron chi connectivity index (χ3n) is 3.50. The minimum absolute atomic E-state index is 0.0328. The first kappa shape index (κ1) is 14.8. The Morgan fingerprint density at radius 1 is 1.35 bits per heavy atom. The van der Waals surface area contributed by atoms with Gasteiger partial charge in [0.25, 0.3) is 0 Å². The summed E-state index contributed by atoms with van der Waals surface area (Å²) in [5, 5.41) is 9.08. The highest BCUT2D eigenvalue weighted by atomic mass is 32.2. The van der Waals surface area contributed by atoms with Crippen LogP contribution in [0.2, 0.25) is 0 Å². The van der Waals surface area contributed by atoms with Crippen molar-refractivity contribution in [3.63, 3.8) is 0 Å². The van der Waals surface area contributed by atoms with Crippen LogP contribution in [0.25, 0.3) is 0 Å². The van der Waals surface area contributed by atoms with Crippen molar-refractivity contribution in [3.05, 3.63) is 29.8 Å². The molecule has 0 amide bonds. The molecule has 2 rings (SSSR count). The molecular formula is C14H19NO4S. The summed E-state index contributed by atoms with van der Waals surface area (Å²) in [7, 11) is -3.03. The van der Waals surface area contributed by atoms with Crippen LogP contribution in [-0.2, 0) is 20.4 Å². The molecular weight excluding hydrogens is 278 g/mol. The maximum atomic E-state index is 11.2. The van der Waals surface area contributed by atoms with Gasteiger partial charge in [0.15, 0.2) is 9.84 Å². The lowest BCUT2D eigenvalue weighted by Gasteiger charge is -2.32. The number of sulfone groups is 1. The van der Waals surface area contributed by atoms with Crippen LogP contribution in [0.15, 0.2) is 24.3 Å². The standard InChI is InChI=1S/C14H19NO4S/c1-20(18,19)10-11-4-6-13(7-5-11)15-8-2-3-12(9-15)14(16)17/h4-7,12H,2-3,8-10H2,1H3,(H,16,17). The van der Waals surface area contributed by atoms with Crippen LogP contribution in [0.3, 0.4) is 0 Å². The molecule has 1 N–H and O–H groups in total. The van der Waals surface area contributed by atoms with Gasteiger partial charge in [-0.25, -0.2) is 8.42 Å². The lowest BCUT2D eigenvalue weighted by Crippen LogP contribution is -2.38.